The van der Waals surface area contributed by atoms with E-state index in [1.54, 1.807) is 6.92 Å². The van der Waals surface area contributed by atoms with Crippen LogP contribution in [-0.4, -0.2) is 29.4 Å². The van der Waals surface area contributed by atoms with Gasteiger partial charge in [-0.2, -0.15) is 0 Å². The molecule has 8 nitrogen and oxygen atoms in total. The number of hydrogen-bond acceptors (Lipinski definition) is 9. The van der Waals surface area contributed by atoms with Crippen molar-refractivity contribution in [3.8, 4) is 0 Å². The maximum absolute atomic E-state index is 13.2. The largest absolute Gasteiger partial charge is 0.397 e. The highest BCUT2D eigenvalue weighted by Gasteiger charge is 2.22. The molecule has 0 fully saturated rings. The molecule has 3 N–H and O–H groups in total. The second kappa shape index (κ2) is 9.05. The maximum atomic E-state index is 13.2. The quantitative estimate of drug-likeness (QED) is 0.369. The number of nitrogens with one attached hydrogen (secondary N) is 1. The second-order valence-corrected chi connectivity index (χ2v) is 12.2. The standard InChI is InChI=1S/C23H23N5O3S3/c1-13-26-27-23(32-13)28-34(30,31)16-10-8-14(9-11-16)20(29)21-19(24)17-12-15-6-4-2-3-5-7-18(15)25-22(17)33-21/h8-12H,2-7,24H2,1H3,(H,27,28). The Kier molecular flexibility index (Phi) is 6.09. The van der Waals surface area contributed by atoms with Crippen molar-refractivity contribution in [3.63, 3.8) is 0 Å². The SMILES string of the molecule is Cc1nnc(NS(=O)(=O)c2ccc(C(=O)c3sc4nc5c(cc4c3N)CCCCCC5)cc2)s1. The van der Waals surface area contributed by atoms with E-state index in [-0.39, 0.29) is 15.8 Å². The summed E-state index contributed by atoms with van der Waals surface area (Å²) in [7, 11) is -3.84. The molecule has 34 heavy (non-hydrogen) atoms. The molecule has 0 saturated carbocycles. The summed E-state index contributed by atoms with van der Waals surface area (Å²) in [4.78, 5) is 19.3. The summed E-state index contributed by atoms with van der Waals surface area (Å²) >= 11 is 2.44. The molecule has 1 aliphatic carbocycles. The lowest BCUT2D eigenvalue weighted by Gasteiger charge is -2.12. The number of hydrogen-bond donors (Lipinski definition) is 2. The number of thiophene rings is 1. The van der Waals surface area contributed by atoms with E-state index in [0.717, 1.165) is 52.9 Å². The summed E-state index contributed by atoms with van der Waals surface area (Å²) < 4.78 is 27.7. The number of pyridine rings is 1. The van der Waals surface area contributed by atoms with E-state index in [2.05, 4.69) is 21.0 Å². The fourth-order valence-corrected chi connectivity index (χ4v) is 6.99. The van der Waals surface area contributed by atoms with Crippen LogP contribution in [0.25, 0.3) is 10.2 Å². The maximum Gasteiger partial charge on any atom is 0.263 e. The van der Waals surface area contributed by atoms with Gasteiger partial charge < -0.3 is 5.73 Å². The average Bonchev–Trinajstić information content (AvgIpc) is 3.35. The number of nitrogens with two attached hydrogens (primary N) is 1. The van der Waals surface area contributed by atoms with Gasteiger partial charge in [-0.1, -0.05) is 24.2 Å². The first-order valence-corrected chi connectivity index (χ1v) is 14.1. The molecule has 0 atom stereocenters. The van der Waals surface area contributed by atoms with Crippen molar-refractivity contribution in [2.75, 3.05) is 10.5 Å². The number of fused-ring (bicyclic) bond motifs is 2. The molecule has 11 heteroatoms. The van der Waals surface area contributed by atoms with Crippen molar-refractivity contribution in [1.82, 2.24) is 15.2 Å². The fourth-order valence-electron chi connectivity index (χ4n) is 4.11. The van der Waals surface area contributed by atoms with Gasteiger partial charge in [0.15, 0.2) is 0 Å². The zero-order chi connectivity index (χ0) is 23.9. The molecule has 176 valence electrons. The highest BCUT2D eigenvalue weighted by Crippen LogP contribution is 2.36. The van der Waals surface area contributed by atoms with Crippen molar-refractivity contribution in [2.45, 2.75) is 50.3 Å². The topological polar surface area (TPSA) is 128 Å². The number of aromatic nitrogens is 3. The van der Waals surface area contributed by atoms with Crippen LogP contribution in [-0.2, 0) is 22.9 Å². The molecule has 0 bridgehead atoms. The number of ketones is 1. The van der Waals surface area contributed by atoms with Gasteiger partial charge in [0.05, 0.1) is 10.6 Å². The van der Waals surface area contributed by atoms with Crippen molar-refractivity contribution >= 4 is 59.5 Å². The Morgan fingerprint density at radius 2 is 1.76 bits per heavy atom. The van der Waals surface area contributed by atoms with Crippen molar-refractivity contribution in [3.05, 3.63) is 57.0 Å². The van der Waals surface area contributed by atoms with E-state index in [1.807, 2.05) is 0 Å². The van der Waals surface area contributed by atoms with Crippen LogP contribution in [0.2, 0.25) is 0 Å². The minimum atomic E-state index is -3.84. The van der Waals surface area contributed by atoms with E-state index in [1.165, 1.54) is 54.0 Å². The number of sulfonamides is 1. The summed E-state index contributed by atoms with van der Waals surface area (Å²) in [6, 6.07) is 7.90. The van der Waals surface area contributed by atoms with Gasteiger partial charge in [-0.15, -0.1) is 21.5 Å². The van der Waals surface area contributed by atoms with E-state index in [4.69, 9.17) is 10.7 Å². The van der Waals surface area contributed by atoms with Crippen LogP contribution >= 0.6 is 22.7 Å². The highest BCUT2D eigenvalue weighted by atomic mass is 32.2. The van der Waals surface area contributed by atoms with Crippen LogP contribution < -0.4 is 10.5 Å². The van der Waals surface area contributed by atoms with E-state index < -0.39 is 10.0 Å². The molecule has 0 spiro atoms. The molecule has 3 heterocycles. The number of carbonyl (C=O) groups is 1. The third kappa shape index (κ3) is 4.42. The van der Waals surface area contributed by atoms with E-state index in [9.17, 15) is 13.2 Å². The Balaban J connectivity index is 1.43. The molecule has 1 aliphatic rings. The monoisotopic (exact) mass is 513 g/mol. The van der Waals surface area contributed by atoms with E-state index >= 15 is 0 Å². The predicted octanol–water partition coefficient (Wildman–Crippen LogP) is 4.73. The van der Waals surface area contributed by atoms with Crippen LogP contribution in [0.4, 0.5) is 10.8 Å². The number of carbonyl (C=O) groups excluding carboxylic acids is 1. The first-order chi connectivity index (χ1) is 16.3. The number of nitrogen functional groups attached to an aromatic ring is 1. The Morgan fingerprint density at radius 1 is 1.03 bits per heavy atom. The van der Waals surface area contributed by atoms with Gasteiger partial charge in [0.2, 0.25) is 10.9 Å². The Hall–Kier alpha value is -2.89. The molecular formula is C23H23N5O3S3. The number of nitrogens with zero attached hydrogens (tertiary/aromatic N) is 3. The molecule has 0 radical (unpaired) electrons. The van der Waals surface area contributed by atoms with Gasteiger partial charge in [0.1, 0.15) is 14.7 Å². The molecular weight excluding hydrogens is 490 g/mol. The van der Waals surface area contributed by atoms with Crippen LogP contribution in [0, 0.1) is 6.92 Å². The second-order valence-electron chi connectivity index (χ2n) is 8.29. The van der Waals surface area contributed by atoms with Gasteiger partial charge in [0.25, 0.3) is 10.0 Å². The molecule has 0 unspecified atom stereocenters. The smallest absolute Gasteiger partial charge is 0.263 e. The van der Waals surface area contributed by atoms with Gasteiger partial charge in [-0.3, -0.25) is 9.52 Å². The van der Waals surface area contributed by atoms with Crippen LogP contribution in [0.3, 0.4) is 0 Å². The summed E-state index contributed by atoms with van der Waals surface area (Å²) in [6.07, 6.45) is 6.64. The fraction of sp³-hybridized carbons (Fsp3) is 0.304. The minimum Gasteiger partial charge on any atom is -0.397 e. The van der Waals surface area contributed by atoms with Crippen molar-refractivity contribution in [1.29, 1.82) is 0 Å². The summed E-state index contributed by atoms with van der Waals surface area (Å²) in [5.74, 6) is -0.246. The first kappa shape index (κ1) is 22.9. The molecule has 0 aliphatic heterocycles. The number of benzene rings is 1. The molecule has 4 aromatic rings. The number of aryl methyl sites for hydroxylation is 3. The third-order valence-electron chi connectivity index (χ3n) is 5.88. The summed E-state index contributed by atoms with van der Waals surface area (Å²) in [5, 5.41) is 9.26. The predicted molar refractivity (Wildman–Crippen MR) is 135 cm³/mol. The van der Waals surface area contributed by atoms with Crippen molar-refractivity contribution in [2.24, 2.45) is 0 Å². The normalized spacial score (nSPS) is 14.4. The van der Waals surface area contributed by atoms with E-state index in [0.29, 0.717) is 21.1 Å². The van der Waals surface area contributed by atoms with Crippen molar-refractivity contribution < 1.29 is 13.2 Å². The first-order valence-electron chi connectivity index (χ1n) is 11.0. The minimum absolute atomic E-state index is 0.0303. The zero-order valence-electron chi connectivity index (χ0n) is 18.5. The molecule has 0 saturated heterocycles. The number of anilines is 2. The molecule has 0 amide bonds. The molecule has 1 aromatic carbocycles. The van der Waals surface area contributed by atoms with Crippen LogP contribution in [0.15, 0.2) is 35.2 Å². The van der Waals surface area contributed by atoms with Crippen LogP contribution in [0.5, 0.6) is 0 Å². The third-order valence-corrected chi connectivity index (χ3v) is 9.23. The lowest BCUT2D eigenvalue weighted by Crippen LogP contribution is -2.13. The van der Waals surface area contributed by atoms with Gasteiger partial charge in [0, 0.05) is 16.6 Å². The zero-order valence-corrected chi connectivity index (χ0v) is 20.9. The molecule has 3 aromatic heterocycles. The van der Waals surface area contributed by atoms with Gasteiger partial charge in [-0.05, 0) is 68.5 Å². The van der Waals surface area contributed by atoms with Gasteiger partial charge >= 0.3 is 0 Å². The lowest BCUT2D eigenvalue weighted by molar-refractivity contribution is 0.104. The van der Waals surface area contributed by atoms with Crippen LogP contribution in [0.1, 0.15) is 57.2 Å². The highest BCUT2D eigenvalue weighted by molar-refractivity contribution is 7.93. The Labute approximate surface area is 205 Å². The summed E-state index contributed by atoms with van der Waals surface area (Å²) in [6.45, 7) is 1.74. The number of rotatable bonds is 5. The summed E-state index contributed by atoms with van der Waals surface area (Å²) in [5.41, 5.74) is 9.54. The average molecular weight is 514 g/mol. The van der Waals surface area contributed by atoms with Gasteiger partial charge in [-0.25, -0.2) is 13.4 Å². The molecule has 5 rings (SSSR count). The Morgan fingerprint density at radius 3 is 2.47 bits per heavy atom. The Bertz CT molecular complexity index is 1490. The lowest BCUT2D eigenvalue weighted by atomic mass is 9.96.